The lowest BCUT2D eigenvalue weighted by Gasteiger charge is -2.39. The highest BCUT2D eigenvalue weighted by Crippen LogP contribution is 2.30. The Morgan fingerprint density at radius 3 is 2.73 bits per heavy atom. The zero-order chi connectivity index (χ0) is 34.1. The van der Waals surface area contributed by atoms with Crippen molar-refractivity contribution in [2.45, 2.75) is 25.1 Å². The lowest BCUT2D eigenvalue weighted by molar-refractivity contribution is -0.123. The number of carbonyl (C=O) groups is 3. The van der Waals surface area contributed by atoms with Crippen molar-refractivity contribution in [1.82, 2.24) is 30.1 Å². The Bertz CT molecular complexity index is 2080. The van der Waals surface area contributed by atoms with Crippen molar-refractivity contribution in [3.63, 3.8) is 0 Å². The van der Waals surface area contributed by atoms with Gasteiger partial charge in [-0.2, -0.15) is 0 Å². The number of pyridine rings is 1. The second kappa shape index (κ2) is 13.3. The molecule has 0 spiro atoms. The van der Waals surface area contributed by atoms with Gasteiger partial charge in [-0.05, 0) is 53.6 Å². The molecule has 250 valence electrons. The van der Waals surface area contributed by atoms with Crippen molar-refractivity contribution in [1.29, 1.82) is 0 Å². The first kappa shape index (κ1) is 31.6. The first-order valence-corrected chi connectivity index (χ1v) is 15.8. The third-order valence-corrected chi connectivity index (χ3v) is 8.75. The van der Waals surface area contributed by atoms with Gasteiger partial charge in [-0.3, -0.25) is 14.4 Å². The number of piperidine rings is 1. The van der Waals surface area contributed by atoms with Gasteiger partial charge in [0.05, 0.1) is 30.6 Å². The van der Waals surface area contributed by atoms with E-state index in [-0.39, 0.29) is 37.1 Å². The summed E-state index contributed by atoms with van der Waals surface area (Å²) in [6.07, 6.45) is 2.95. The van der Waals surface area contributed by atoms with Crippen LogP contribution in [0.3, 0.4) is 0 Å². The van der Waals surface area contributed by atoms with Crippen LogP contribution >= 0.6 is 0 Å². The molecule has 3 aliphatic heterocycles. The summed E-state index contributed by atoms with van der Waals surface area (Å²) in [4.78, 5) is 50.7. The van der Waals surface area contributed by atoms with Crippen molar-refractivity contribution in [2.24, 2.45) is 7.05 Å². The number of hydrogen-bond acceptors (Lipinski definition) is 8. The van der Waals surface area contributed by atoms with Crippen molar-refractivity contribution < 1.29 is 33.0 Å². The van der Waals surface area contributed by atoms with E-state index >= 15 is 4.39 Å². The molecule has 2 N–H and O–H groups in total. The zero-order valence-electron chi connectivity index (χ0n) is 26.8. The number of nitrogens with zero attached hydrogens (tertiary/aromatic N) is 4. The van der Waals surface area contributed by atoms with Crippen molar-refractivity contribution in [2.75, 3.05) is 26.8 Å². The number of imidazole rings is 1. The molecule has 0 unspecified atom stereocenters. The lowest BCUT2D eigenvalue weighted by atomic mass is 9.99. The summed E-state index contributed by atoms with van der Waals surface area (Å²) >= 11 is 0. The second-order valence-electron chi connectivity index (χ2n) is 11.9. The normalized spacial score (nSPS) is 18.1. The van der Waals surface area contributed by atoms with Crippen LogP contribution in [0.2, 0.25) is 0 Å². The first-order valence-electron chi connectivity index (χ1n) is 15.8. The minimum atomic E-state index is -0.721. The number of benzene rings is 3. The summed E-state index contributed by atoms with van der Waals surface area (Å²) in [5.74, 6) is -0.577. The van der Waals surface area contributed by atoms with Crippen LogP contribution in [0.25, 0.3) is 22.3 Å². The topological polar surface area (TPSA) is 137 Å². The van der Waals surface area contributed by atoms with E-state index in [0.29, 0.717) is 58.1 Å². The predicted octanol–water partition coefficient (Wildman–Crippen LogP) is 3.88. The second-order valence-corrected chi connectivity index (χ2v) is 11.9. The van der Waals surface area contributed by atoms with E-state index in [1.54, 1.807) is 83.6 Å². The summed E-state index contributed by atoms with van der Waals surface area (Å²) in [6.45, 7) is 0.395. The molecule has 3 aliphatic rings. The molecule has 49 heavy (non-hydrogen) atoms. The highest BCUT2D eigenvalue weighted by molar-refractivity contribution is 6.04. The van der Waals surface area contributed by atoms with Gasteiger partial charge in [-0.15, -0.1) is 0 Å². The predicted molar refractivity (Wildman–Crippen MR) is 177 cm³/mol. The maximum atomic E-state index is 15.3. The maximum absolute atomic E-state index is 15.3. The van der Waals surface area contributed by atoms with Gasteiger partial charge in [0.25, 0.3) is 17.7 Å². The van der Waals surface area contributed by atoms with Crippen LogP contribution in [0, 0.1) is 5.82 Å². The van der Waals surface area contributed by atoms with E-state index in [4.69, 9.17) is 14.2 Å². The quantitative estimate of drug-likeness (QED) is 0.290. The van der Waals surface area contributed by atoms with Gasteiger partial charge in [0, 0.05) is 50.9 Å². The summed E-state index contributed by atoms with van der Waals surface area (Å²) < 4.78 is 34.8. The molecule has 0 aliphatic carbocycles. The van der Waals surface area contributed by atoms with Gasteiger partial charge in [-0.1, -0.05) is 18.2 Å². The molecule has 5 aromatic rings. The average Bonchev–Trinajstić information content (AvgIpc) is 3.50. The molecule has 1 fully saturated rings. The fourth-order valence-corrected chi connectivity index (χ4v) is 6.17. The SMILES string of the molecule is COc1cc2ccc1CNC(=O)COc1cccc(c1)-c1ccc(F)c(c1)C(=O)N[C@@H]1CN(C(=O)c3ccnc4c3ncn4C)CC[C@@H]1O2. The van der Waals surface area contributed by atoms with Gasteiger partial charge in [0.2, 0.25) is 0 Å². The number of likely N-dealkylation sites (tertiary alicyclic amines) is 1. The van der Waals surface area contributed by atoms with Crippen LogP contribution in [-0.4, -0.2) is 76.1 Å². The molecule has 2 aromatic heterocycles. The number of nitrogens with one attached hydrogen (secondary N) is 2. The Labute approximate surface area is 280 Å². The Balaban J connectivity index is 1.24. The number of fused-ring (bicyclic) bond motifs is 8. The van der Waals surface area contributed by atoms with E-state index < -0.39 is 23.9 Å². The Kier molecular flexibility index (Phi) is 8.55. The smallest absolute Gasteiger partial charge is 0.258 e. The van der Waals surface area contributed by atoms with Crippen molar-refractivity contribution >= 4 is 28.9 Å². The monoisotopic (exact) mass is 664 g/mol. The van der Waals surface area contributed by atoms with Gasteiger partial charge in [-0.25, -0.2) is 14.4 Å². The third kappa shape index (κ3) is 6.47. The molecule has 2 atom stereocenters. The number of ether oxygens (including phenoxy) is 3. The van der Waals surface area contributed by atoms with E-state index in [1.165, 1.54) is 19.2 Å². The molecule has 13 heteroatoms. The summed E-state index contributed by atoms with van der Waals surface area (Å²) in [6, 6.07) is 17.4. The molecule has 0 saturated carbocycles. The maximum Gasteiger partial charge on any atom is 0.258 e. The molecular formula is C36H33FN6O6. The molecule has 6 bridgehead atoms. The third-order valence-electron chi connectivity index (χ3n) is 8.75. The highest BCUT2D eigenvalue weighted by atomic mass is 19.1. The summed E-state index contributed by atoms with van der Waals surface area (Å²) in [5, 5.41) is 5.81. The van der Waals surface area contributed by atoms with Gasteiger partial charge in [0.15, 0.2) is 12.3 Å². The molecule has 8 rings (SSSR count). The lowest BCUT2D eigenvalue weighted by Crippen LogP contribution is -2.58. The number of aryl methyl sites for hydroxylation is 1. The summed E-state index contributed by atoms with van der Waals surface area (Å²) in [7, 11) is 3.32. The van der Waals surface area contributed by atoms with E-state index in [1.807, 2.05) is 0 Å². The molecule has 3 amide bonds. The molecule has 5 heterocycles. The molecule has 1 saturated heterocycles. The van der Waals surface area contributed by atoms with Crippen molar-refractivity contribution in [3.05, 3.63) is 102 Å². The fraction of sp³-hybridized carbons (Fsp3) is 0.250. The highest BCUT2D eigenvalue weighted by Gasteiger charge is 2.36. The Morgan fingerprint density at radius 2 is 1.88 bits per heavy atom. The molecular weight excluding hydrogens is 631 g/mol. The number of methoxy groups -OCH3 is 1. The van der Waals surface area contributed by atoms with Crippen LogP contribution < -0.4 is 24.8 Å². The van der Waals surface area contributed by atoms with Crippen LogP contribution in [0.1, 0.15) is 32.7 Å². The molecule has 12 nitrogen and oxygen atoms in total. The Morgan fingerprint density at radius 1 is 1.02 bits per heavy atom. The van der Waals surface area contributed by atoms with Crippen LogP contribution in [-0.2, 0) is 18.4 Å². The minimum Gasteiger partial charge on any atom is -0.496 e. The standard InChI is InChI=1S/C36H33FN6O6/c1-42-20-40-33-26(10-12-38-34(33)42)36(46)43-13-11-30-29(18-43)41-35(45)27-15-22(7-9-28(27)37)21-4-3-5-24(14-21)48-19-32(44)39-17-23-6-8-25(49-30)16-31(23)47-2/h3-10,12,14-16,20,29-30H,11,13,17-19H2,1-2H3,(H,39,44)(H,41,45)/t29-,30+/m1/s1. The molecule has 3 aromatic carbocycles. The van der Waals surface area contributed by atoms with E-state index in [9.17, 15) is 14.4 Å². The van der Waals surface area contributed by atoms with Gasteiger partial charge >= 0.3 is 0 Å². The van der Waals surface area contributed by atoms with Crippen LogP contribution in [0.15, 0.2) is 79.3 Å². The first-order chi connectivity index (χ1) is 23.8. The van der Waals surface area contributed by atoms with Crippen molar-refractivity contribution in [3.8, 4) is 28.4 Å². The van der Waals surface area contributed by atoms with Crippen LogP contribution in [0.5, 0.6) is 17.2 Å². The Hall–Kier alpha value is -5.98. The van der Waals surface area contributed by atoms with Gasteiger partial charge < -0.3 is 34.3 Å². The summed E-state index contributed by atoms with van der Waals surface area (Å²) in [5.41, 5.74) is 3.23. The zero-order valence-corrected chi connectivity index (χ0v) is 26.8. The number of rotatable bonds is 2. The van der Waals surface area contributed by atoms with Gasteiger partial charge in [0.1, 0.15) is 34.7 Å². The molecule has 0 radical (unpaired) electrons. The average molecular weight is 665 g/mol. The fourth-order valence-electron chi connectivity index (χ4n) is 6.17. The number of aromatic nitrogens is 3. The largest absolute Gasteiger partial charge is 0.496 e. The number of hydrogen-bond donors (Lipinski definition) is 2. The number of amides is 3. The van der Waals surface area contributed by atoms with E-state index in [2.05, 4.69) is 20.6 Å². The van der Waals surface area contributed by atoms with Crippen LogP contribution in [0.4, 0.5) is 4.39 Å². The minimum absolute atomic E-state index is 0.0911. The number of carbonyl (C=O) groups excluding carboxylic acids is 3. The number of halogens is 1. The van der Waals surface area contributed by atoms with E-state index in [0.717, 1.165) is 5.56 Å².